The zero-order valence-corrected chi connectivity index (χ0v) is 8.54. The van der Waals surface area contributed by atoms with Crippen molar-refractivity contribution in [2.45, 2.75) is 44.4 Å². The Morgan fingerprint density at radius 2 is 1.22 bits per heavy atom. The van der Waals surface area contributed by atoms with Crippen LogP contribution in [0.5, 0.6) is 0 Å². The van der Waals surface area contributed by atoms with E-state index >= 15 is 0 Å². The molecule has 9 heavy (non-hydrogen) atoms. The van der Waals surface area contributed by atoms with E-state index in [2.05, 4.69) is 13.1 Å². The maximum absolute atomic E-state index is 2.29. The third-order valence-corrected chi connectivity index (χ3v) is 3.06. The van der Waals surface area contributed by atoms with E-state index in [1.165, 1.54) is 50.4 Å². The zero-order chi connectivity index (χ0) is 6.95. The largest absolute Gasteiger partial charge is 0.0733 e. The van der Waals surface area contributed by atoms with E-state index < -0.39 is 0 Å². The van der Waals surface area contributed by atoms with E-state index in [0.29, 0.717) is 0 Å². The molecule has 0 N–H and O–H groups in total. The molecule has 0 aromatic heterocycles. The zero-order valence-electron chi connectivity index (χ0n) is 6.54. The standard InChI is InChI=1S/C7H16Si2/c1-8-6-4-3-5-7-9-2/h3-7H2,1-2H3. The molecule has 0 atom stereocenters. The van der Waals surface area contributed by atoms with E-state index in [9.17, 15) is 0 Å². The van der Waals surface area contributed by atoms with E-state index in [0.717, 1.165) is 0 Å². The minimum atomic E-state index is 1.17. The monoisotopic (exact) mass is 156 g/mol. The Labute approximate surface area is 64.1 Å². The molecule has 0 bridgehead atoms. The predicted molar refractivity (Wildman–Crippen MR) is 46.7 cm³/mol. The molecule has 0 saturated heterocycles. The highest BCUT2D eigenvalue weighted by Crippen LogP contribution is 2.02. The Balaban J connectivity index is 2.60. The van der Waals surface area contributed by atoms with Crippen molar-refractivity contribution >= 4 is 19.0 Å². The van der Waals surface area contributed by atoms with Crippen LogP contribution in [0.1, 0.15) is 19.3 Å². The van der Waals surface area contributed by atoms with Gasteiger partial charge in [0, 0.05) is 19.0 Å². The van der Waals surface area contributed by atoms with Crippen molar-refractivity contribution in [1.29, 1.82) is 0 Å². The molecule has 0 aliphatic rings. The summed E-state index contributed by atoms with van der Waals surface area (Å²) in [6.45, 7) is 4.59. The van der Waals surface area contributed by atoms with Crippen LogP contribution in [0.4, 0.5) is 0 Å². The Hall–Kier alpha value is 0.434. The summed E-state index contributed by atoms with van der Waals surface area (Å²) in [7, 11) is 2.34. The van der Waals surface area contributed by atoms with Gasteiger partial charge in [-0.15, -0.1) is 0 Å². The summed E-state index contributed by atoms with van der Waals surface area (Å²) in [6, 6.07) is 2.93. The second-order valence-electron chi connectivity index (χ2n) is 2.27. The molecule has 2 heteroatoms. The Morgan fingerprint density at radius 3 is 1.56 bits per heavy atom. The SMILES string of the molecule is C[Si]CCCCC[Si]C. The summed E-state index contributed by atoms with van der Waals surface area (Å²) < 4.78 is 0. The number of unbranched alkanes of at least 4 members (excludes halogenated alkanes) is 2. The summed E-state index contributed by atoms with van der Waals surface area (Å²) >= 11 is 0. The Bertz CT molecular complexity index is 40.2. The molecule has 0 aromatic carbocycles. The first-order valence-electron chi connectivity index (χ1n) is 3.71. The average Bonchev–Trinajstić information content (AvgIpc) is 1.89. The summed E-state index contributed by atoms with van der Waals surface area (Å²) in [6.07, 6.45) is 4.42. The van der Waals surface area contributed by atoms with Gasteiger partial charge in [0.05, 0.1) is 0 Å². The van der Waals surface area contributed by atoms with E-state index in [4.69, 9.17) is 0 Å². The summed E-state index contributed by atoms with van der Waals surface area (Å²) in [5.41, 5.74) is 0. The minimum Gasteiger partial charge on any atom is -0.0733 e. The van der Waals surface area contributed by atoms with E-state index in [1.807, 2.05) is 0 Å². The molecule has 52 valence electrons. The van der Waals surface area contributed by atoms with Gasteiger partial charge in [0.25, 0.3) is 0 Å². The highest BCUT2D eigenvalue weighted by Gasteiger charge is 1.86. The second kappa shape index (κ2) is 8.43. The van der Waals surface area contributed by atoms with E-state index in [-0.39, 0.29) is 0 Å². The van der Waals surface area contributed by atoms with Gasteiger partial charge in [0.15, 0.2) is 0 Å². The molecule has 0 spiro atoms. The molecular formula is C7H16Si2. The van der Waals surface area contributed by atoms with Gasteiger partial charge in [0.1, 0.15) is 0 Å². The molecular weight excluding hydrogens is 140 g/mol. The first kappa shape index (κ1) is 9.43. The Morgan fingerprint density at radius 1 is 0.778 bits per heavy atom. The van der Waals surface area contributed by atoms with Gasteiger partial charge >= 0.3 is 0 Å². The van der Waals surface area contributed by atoms with Crippen molar-refractivity contribution in [2.24, 2.45) is 0 Å². The number of hydrogen-bond donors (Lipinski definition) is 0. The van der Waals surface area contributed by atoms with Crippen molar-refractivity contribution in [3.63, 3.8) is 0 Å². The van der Waals surface area contributed by atoms with Crippen LogP contribution in [0, 0.1) is 0 Å². The molecule has 0 amide bonds. The summed E-state index contributed by atoms with van der Waals surface area (Å²) in [4.78, 5) is 0. The first-order chi connectivity index (χ1) is 4.41. The molecule has 0 nitrogen and oxygen atoms in total. The first-order valence-corrected chi connectivity index (χ1v) is 7.12. The maximum Gasteiger partial charge on any atom is 0.0342 e. The van der Waals surface area contributed by atoms with Gasteiger partial charge in [-0.3, -0.25) is 0 Å². The van der Waals surface area contributed by atoms with Crippen LogP contribution in [-0.4, -0.2) is 19.0 Å². The van der Waals surface area contributed by atoms with Crippen molar-refractivity contribution in [3.8, 4) is 0 Å². The van der Waals surface area contributed by atoms with Crippen molar-refractivity contribution < 1.29 is 0 Å². The quantitative estimate of drug-likeness (QED) is 0.409. The lowest BCUT2D eigenvalue weighted by Crippen LogP contribution is -1.84. The molecule has 0 aromatic rings. The molecule has 0 rings (SSSR count). The molecule has 0 aliphatic carbocycles. The molecule has 4 radical (unpaired) electrons. The van der Waals surface area contributed by atoms with Crippen molar-refractivity contribution in [3.05, 3.63) is 0 Å². The molecule has 0 saturated carbocycles. The van der Waals surface area contributed by atoms with Crippen LogP contribution < -0.4 is 0 Å². The van der Waals surface area contributed by atoms with Gasteiger partial charge in [-0.25, -0.2) is 0 Å². The summed E-state index contributed by atoms with van der Waals surface area (Å²) in [5, 5.41) is 0. The van der Waals surface area contributed by atoms with Crippen LogP contribution in [0.25, 0.3) is 0 Å². The van der Waals surface area contributed by atoms with Gasteiger partial charge < -0.3 is 0 Å². The van der Waals surface area contributed by atoms with Crippen LogP contribution in [-0.2, 0) is 0 Å². The molecule has 0 unspecified atom stereocenters. The third-order valence-electron chi connectivity index (χ3n) is 1.35. The van der Waals surface area contributed by atoms with Crippen molar-refractivity contribution in [2.75, 3.05) is 0 Å². The molecule has 0 aliphatic heterocycles. The van der Waals surface area contributed by atoms with Gasteiger partial charge in [-0.1, -0.05) is 44.4 Å². The second-order valence-corrected chi connectivity index (χ2v) is 4.68. The predicted octanol–water partition coefficient (Wildman–Crippen LogP) is 2.50. The normalized spacial score (nSPS) is 10.0. The minimum absolute atomic E-state index is 1.17. The fourth-order valence-electron chi connectivity index (χ4n) is 0.780. The third kappa shape index (κ3) is 8.43. The lowest BCUT2D eigenvalue weighted by molar-refractivity contribution is 0.766. The van der Waals surface area contributed by atoms with Crippen molar-refractivity contribution in [1.82, 2.24) is 0 Å². The van der Waals surface area contributed by atoms with Crippen LogP contribution in [0.3, 0.4) is 0 Å². The average molecular weight is 156 g/mol. The number of hydrogen-bond acceptors (Lipinski definition) is 0. The lowest BCUT2D eigenvalue weighted by Gasteiger charge is -1.95. The highest BCUT2D eigenvalue weighted by atomic mass is 28.2. The van der Waals surface area contributed by atoms with Crippen LogP contribution in [0.15, 0.2) is 0 Å². The van der Waals surface area contributed by atoms with Crippen LogP contribution >= 0.6 is 0 Å². The maximum atomic E-state index is 2.29. The lowest BCUT2D eigenvalue weighted by atomic mass is 10.3. The molecule has 0 fully saturated rings. The fraction of sp³-hybridized carbons (Fsp3) is 1.00. The topological polar surface area (TPSA) is 0 Å². The van der Waals surface area contributed by atoms with Crippen LogP contribution in [0.2, 0.25) is 25.2 Å². The van der Waals surface area contributed by atoms with Gasteiger partial charge in [-0.2, -0.15) is 0 Å². The van der Waals surface area contributed by atoms with Gasteiger partial charge in [-0.05, 0) is 0 Å². The van der Waals surface area contributed by atoms with E-state index in [1.54, 1.807) is 0 Å². The fourth-order valence-corrected chi connectivity index (χ4v) is 1.99. The summed E-state index contributed by atoms with van der Waals surface area (Å²) in [5.74, 6) is 0. The smallest absolute Gasteiger partial charge is 0.0342 e. The number of rotatable bonds is 6. The molecule has 0 heterocycles. The van der Waals surface area contributed by atoms with Gasteiger partial charge in [0.2, 0.25) is 0 Å². The highest BCUT2D eigenvalue weighted by molar-refractivity contribution is 6.33. The Kier molecular flexibility index (Phi) is 8.84.